The van der Waals surface area contributed by atoms with E-state index in [-0.39, 0.29) is 6.04 Å². The Morgan fingerprint density at radius 1 is 1.27 bits per heavy atom. The minimum Gasteiger partial charge on any atom is -0.375 e. The summed E-state index contributed by atoms with van der Waals surface area (Å²) < 4.78 is 30.5. The van der Waals surface area contributed by atoms with Crippen LogP contribution in [-0.2, 0) is 21.6 Å². The highest BCUT2D eigenvalue weighted by Gasteiger charge is 2.32. The van der Waals surface area contributed by atoms with E-state index in [2.05, 4.69) is 4.98 Å². The first kappa shape index (κ1) is 15.9. The van der Waals surface area contributed by atoms with Crippen LogP contribution in [0.25, 0.3) is 0 Å². The van der Waals surface area contributed by atoms with E-state index < -0.39 is 10.2 Å². The summed E-state index contributed by atoms with van der Waals surface area (Å²) in [4.78, 5) is 4.59. The van der Waals surface area contributed by atoms with Gasteiger partial charge in [-0.2, -0.15) is 12.7 Å². The molecule has 7 heteroatoms. The lowest BCUT2D eigenvalue weighted by Crippen LogP contribution is -2.42. The third-order valence-corrected chi connectivity index (χ3v) is 5.34. The molecule has 122 valence electrons. The topological polar surface area (TPSA) is 85.5 Å². The van der Waals surface area contributed by atoms with Crippen LogP contribution in [0.15, 0.2) is 18.2 Å². The fourth-order valence-electron chi connectivity index (χ4n) is 2.88. The normalized spacial score (nSPS) is 23.6. The summed E-state index contributed by atoms with van der Waals surface area (Å²) >= 11 is 0. The average Bonchev–Trinajstić information content (AvgIpc) is 3.31. The second kappa shape index (κ2) is 6.62. The maximum absolute atomic E-state index is 11.8. The molecule has 2 N–H and O–H groups in total. The van der Waals surface area contributed by atoms with Crippen LogP contribution in [-0.4, -0.2) is 30.9 Å². The van der Waals surface area contributed by atoms with Crippen LogP contribution in [0, 0.1) is 5.92 Å². The van der Waals surface area contributed by atoms with Crippen molar-refractivity contribution in [3.8, 4) is 0 Å². The summed E-state index contributed by atoms with van der Waals surface area (Å²) in [5, 5.41) is 5.34. The molecule has 1 aromatic heterocycles. The maximum Gasteiger partial charge on any atom is 0.277 e. The second-order valence-electron chi connectivity index (χ2n) is 6.18. The number of hydrogen-bond acceptors (Lipinski definition) is 4. The standard InChI is InChI=1S/C15H23N3O3S/c16-22(19,20)18-9-2-1-6-15(18)14-5-3-4-13(17-14)11-21-10-12-7-8-12/h3-5,12,15H,1-2,6-11H2,(H2,16,19,20). The third kappa shape index (κ3) is 4.04. The highest BCUT2D eigenvalue weighted by Crippen LogP contribution is 2.31. The molecule has 2 heterocycles. The van der Waals surface area contributed by atoms with E-state index in [1.165, 1.54) is 17.1 Å². The van der Waals surface area contributed by atoms with Crippen LogP contribution >= 0.6 is 0 Å². The zero-order valence-corrected chi connectivity index (χ0v) is 13.5. The third-order valence-electron chi connectivity index (χ3n) is 4.25. The van der Waals surface area contributed by atoms with E-state index in [0.717, 1.165) is 43.2 Å². The number of pyridine rings is 1. The first-order valence-electron chi connectivity index (χ1n) is 7.87. The van der Waals surface area contributed by atoms with Gasteiger partial charge in [-0.05, 0) is 43.7 Å². The Bertz CT molecular complexity index is 616. The van der Waals surface area contributed by atoms with Crippen LogP contribution in [0.3, 0.4) is 0 Å². The smallest absolute Gasteiger partial charge is 0.277 e. The molecule has 1 aromatic rings. The van der Waals surface area contributed by atoms with Gasteiger partial charge in [0.2, 0.25) is 0 Å². The molecule has 0 amide bonds. The largest absolute Gasteiger partial charge is 0.375 e. The van der Waals surface area contributed by atoms with Crippen LogP contribution in [0.2, 0.25) is 0 Å². The molecule has 1 saturated heterocycles. The number of piperidine rings is 1. The molecule has 1 atom stereocenters. The van der Waals surface area contributed by atoms with Gasteiger partial charge in [-0.25, -0.2) is 5.14 Å². The SMILES string of the molecule is NS(=O)(=O)N1CCCCC1c1cccc(COCC2CC2)n1. The Balaban J connectivity index is 1.71. The maximum atomic E-state index is 11.8. The van der Waals surface area contributed by atoms with Gasteiger partial charge >= 0.3 is 0 Å². The molecule has 1 unspecified atom stereocenters. The van der Waals surface area contributed by atoms with Crippen LogP contribution < -0.4 is 5.14 Å². The van der Waals surface area contributed by atoms with E-state index in [1.54, 1.807) is 0 Å². The van der Waals surface area contributed by atoms with Crippen molar-refractivity contribution >= 4 is 10.2 Å². The van der Waals surface area contributed by atoms with Crippen molar-refractivity contribution in [3.05, 3.63) is 29.6 Å². The Kier molecular flexibility index (Phi) is 4.77. The lowest BCUT2D eigenvalue weighted by atomic mass is 10.0. The fourth-order valence-corrected chi connectivity index (χ4v) is 3.84. The summed E-state index contributed by atoms with van der Waals surface area (Å²) in [7, 11) is -3.69. The Morgan fingerprint density at radius 3 is 2.82 bits per heavy atom. The first-order chi connectivity index (χ1) is 10.5. The van der Waals surface area contributed by atoms with E-state index in [9.17, 15) is 8.42 Å². The number of aromatic nitrogens is 1. The van der Waals surface area contributed by atoms with Gasteiger partial charge in [0.05, 0.1) is 24.0 Å². The molecule has 2 aliphatic rings. The van der Waals surface area contributed by atoms with Gasteiger partial charge in [0, 0.05) is 13.2 Å². The van der Waals surface area contributed by atoms with E-state index >= 15 is 0 Å². The van der Waals surface area contributed by atoms with Gasteiger partial charge in [0.25, 0.3) is 10.2 Å². The minimum atomic E-state index is -3.69. The summed E-state index contributed by atoms with van der Waals surface area (Å²) in [6.45, 7) is 1.73. The molecule has 3 rings (SSSR count). The molecular formula is C15H23N3O3S. The fraction of sp³-hybridized carbons (Fsp3) is 0.667. The van der Waals surface area contributed by atoms with Crippen LogP contribution in [0.1, 0.15) is 49.5 Å². The van der Waals surface area contributed by atoms with Gasteiger partial charge in [-0.1, -0.05) is 12.5 Å². The molecule has 0 radical (unpaired) electrons. The highest BCUT2D eigenvalue weighted by atomic mass is 32.2. The van der Waals surface area contributed by atoms with Crippen molar-refractivity contribution in [3.63, 3.8) is 0 Å². The lowest BCUT2D eigenvalue weighted by Gasteiger charge is -2.32. The molecule has 1 saturated carbocycles. The van der Waals surface area contributed by atoms with Crippen molar-refractivity contribution in [1.29, 1.82) is 0 Å². The highest BCUT2D eigenvalue weighted by molar-refractivity contribution is 7.86. The molecule has 0 bridgehead atoms. The Hall–Kier alpha value is -1.02. The molecule has 2 fully saturated rings. The zero-order valence-electron chi connectivity index (χ0n) is 12.6. The van der Waals surface area contributed by atoms with Crippen LogP contribution in [0.4, 0.5) is 0 Å². The van der Waals surface area contributed by atoms with Gasteiger partial charge in [0.15, 0.2) is 0 Å². The van der Waals surface area contributed by atoms with E-state index in [1.807, 2.05) is 18.2 Å². The zero-order chi connectivity index (χ0) is 15.6. The lowest BCUT2D eigenvalue weighted by molar-refractivity contribution is 0.108. The summed E-state index contributed by atoms with van der Waals surface area (Å²) in [6, 6.07) is 5.44. The number of rotatable bonds is 6. The predicted molar refractivity (Wildman–Crippen MR) is 83.0 cm³/mol. The van der Waals surface area contributed by atoms with Crippen molar-refractivity contribution in [2.75, 3.05) is 13.2 Å². The number of nitrogens with zero attached hydrogens (tertiary/aromatic N) is 2. The van der Waals surface area contributed by atoms with E-state index in [0.29, 0.717) is 13.2 Å². The number of ether oxygens (including phenoxy) is 1. The van der Waals surface area contributed by atoms with Crippen molar-refractivity contribution in [2.24, 2.45) is 11.1 Å². The van der Waals surface area contributed by atoms with Crippen molar-refractivity contribution < 1.29 is 13.2 Å². The van der Waals surface area contributed by atoms with Crippen LogP contribution in [0.5, 0.6) is 0 Å². The van der Waals surface area contributed by atoms with Gasteiger partial charge < -0.3 is 4.74 Å². The second-order valence-corrected chi connectivity index (χ2v) is 7.68. The number of hydrogen-bond donors (Lipinski definition) is 1. The summed E-state index contributed by atoms with van der Waals surface area (Å²) in [5.41, 5.74) is 1.61. The minimum absolute atomic E-state index is 0.257. The molecular weight excluding hydrogens is 302 g/mol. The molecule has 0 aromatic carbocycles. The first-order valence-corrected chi connectivity index (χ1v) is 9.37. The quantitative estimate of drug-likeness (QED) is 0.863. The number of nitrogens with two attached hydrogens (primary N) is 1. The average molecular weight is 325 g/mol. The Labute approximate surface area is 131 Å². The van der Waals surface area contributed by atoms with Gasteiger partial charge in [-0.15, -0.1) is 0 Å². The molecule has 1 aliphatic heterocycles. The Morgan fingerprint density at radius 2 is 2.09 bits per heavy atom. The van der Waals surface area contributed by atoms with Gasteiger partial charge in [0.1, 0.15) is 0 Å². The summed E-state index contributed by atoms with van der Waals surface area (Å²) in [6.07, 6.45) is 5.12. The molecule has 0 spiro atoms. The summed E-state index contributed by atoms with van der Waals surface area (Å²) in [5.74, 6) is 0.722. The van der Waals surface area contributed by atoms with E-state index in [4.69, 9.17) is 9.88 Å². The van der Waals surface area contributed by atoms with Crippen molar-refractivity contribution in [2.45, 2.75) is 44.8 Å². The molecule has 6 nitrogen and oxygen atoms in total. The van der Waals surface area contributed by atoms with Crippen molar-refractivity contribution in [1.82, 2.24) is 9.29 Å². The molecule has 1 aliphatic carbocycles. The predicted octanol–water partition coefficient (Wildman–Crippen LogP) is 1.74. The van der Waals surface area contributed by atoms with Gasteiger partial charge in [-0.3, -0.25) is 4.98 Å². The monoisotopic (exact) mass is 325 g/mol. The molecule has 22 heavy (non-hydrogen) atoms.